The molecule has 0 atom stereocenters. The maximum absolute atomic E-state index is 7.61. The molecule has 20 heavy (non-hydrogen) atoms. The lowest BCUT2D eigenvalue weighted by Gasteiger charge is -2.11. The van der Waals surface area contributed by atoms with Gasteiger partial charge in [0.2, 0.25) is 0 Å². The summed E-state index contributed by atoms with van der Waals surface area (Å²) < 4.78 is 7.34. The molecule has 0 bridgehead atoms. The van der Waals surface area contributed by atoms with Gasteiger partial charge in [0, 0.05) is 25.4 Å². The average molecular weight is 272 g/mol. The Labute approximate surface area is 118 Å². The Morgan fingerprint density at radius 1 is 1.45 bits per heavy atom. The summed E-state index contributed by atoms with van der Waals surface area (Å²) in [5.74, 6) is 1.72. The third kappa shape index (κ3) is 2.99. The van der Waals surface area contributed by atoms with Crippen LogP contribution in [0.3, 0.4) is 0 Å². The maximum atomic E-state index is 7.61. The molecule has 0 saturated heterocycles. The van der Waals surface area contributed by atoms with Gasteiger partial charge in [-0.15, -0.1) is 0 Å². The summed E-state index contributed by atoms with van der Waals surface area (Å²) in [7, 11) is 1.58. The zero-order chi connectivity index (χ0) is 14.5. The van der Waals surface area contributed by atoms with Crippen molar-refractivity contribution in [2.24, 2.45) is 5.73 Å². The second-order valence-electron chi connectivity index (χ2n) is 4.67. The number of methoxy groups -OCH3 is 1. The number of nitrogens with one attached hydrogen (secondary N) is 1. The molecule has 0 saturated carbocycles. The molecular weight excluding hydrogens is 252 g/mol. The van der Waals surface area contributed by atoms with Crippen LogP contribution in [0.5, 0.6) is 5.75 Å². The fraction of sp³-hybridized carbons (Fsp3) is 0.333. The molecule has 0 aliphatic rings. The molecule has 2 aromatic rings. The van der Waals surface area contributed by atoms with E-state index in [1.165, 1.54) is 0 Å². The van der Waals surface area contributed by atoms with Gasteiger partial charge < -0.3 is 15.0 Å². The first kappa shape index (κ1) is 14.1. The van der Waals surface area contributed by atoms with Crippen molar-refractivity contribution < 1.29 is 4.74 Å². The predicted octanol–water partition coefficient (Wildman–Crippen LogP) is 2.18. The van der Waals surface area contributed by atoms with Crippen molar-refractivity contribution in [3.8, 4) is 5.75 Å². The van der Waals surface area contributed by atoms with Crippen LogP contribution in [0, 0.1) is 5.41 Å². The SMILES string of the molecule is CCCc1nccn1Cc1ccc(OC)c(C(=N)N)c1. The summed E-state index contributed by atoms with van der Waals surface area (Å²) in [5, 5.41) is 7.61. The number of nitrogen functional groups attached to an aromatic ring is 1. The number of hydrogen-bond donors (Lipinski definition) is 2. The molecule has 1 aromatic heterocycles. The summed E-state index contributed by atoms with van der Waals surface area (Å²) in [6.07, 6.45) is 5.82. The van der Waals surface area contributed by atoms with Gasteiger partial charge in [-0.3, -0.25) is 5.41 Å². The standard InChI is InChI=1S/C15H20N4O/c1-3-4-14-18-7-8-19(14)10-11-5-6-13(20-2)12(9-11)15(16)17/h5-9H,3-4,10H2,1-2H3,(H3,16,17). The highest BCUT2D eigenvalue weighted by atomic mass is 16.5. The van der Waals surface area contributed by atoms with Crippen molar-refractivity contribution in [1.82, 2.24) is 9.55 Å². The van der Waals surface area contributed by atoms with Gasteiger partial charge in [0.1, 0.15) is 17.4 Å². The number of aromatic nitrogens is 2. The summed E-state index contributed by atoms with van der Waals surface area (Å²) in [6.45, 7) is 2.86. The lowest BCUT2D eigenvalue weighted by molar-refractivity contribution is 0.413. The van der Waals surface area contributed by atoms with Crippen LogP contribution in [0.2, 0.25) is 0 Å². The fourth-order valence-electron chi connectivity index (χ4n) is 2.20. The van der Waals surface area contributed by atoms with Crippen molar-refractivity contribution in [2.75, 3.05) is 7.11 Å². The summed E-state index contributed by atoms with van der Waals surface area (Å²) in [4.78, 5) is 4.36. The average Bonchev–Trinajstić information content (AvgIpc) is 2.86. The minimum Gasteiger partial charge on any atom is -0.496 e. The zero-order valence-electron chi connectivity index (χ0n) is 11.9. The number of rotatable bonds is 6. The highest BCUT2D eigenvalue weighted by molar-refractivity contribution is 5.97. The quantitative estimate of drug-likeness (QED) is 0.625. The van der Waals surface area contributed by atoms with E-state index >= 15 is 0 Å². The van der Waals surface area contributed by atoms with Gasteiger partial charge in [0.25, 0.3) is 0 Å². The smallest absolute Gasteiger partial charge is 0.129 e. The Morgan fingerprint density at radius 3 is 2.90 bits per heavy atom. The van der Waals surface area contributed by atoms with E-state index in [-0.39, 0.29) is 5.84 Å². The van der Waals surface area contributed by atoms with Crippen molar-refractivity contribution in [3.63, 3.8) is 0 Å². The third-order valence-electron chi connectivity index (χ3n) is 3.18. The fourth-order valence-corrected chi connectivity index (χ4v) is 2.20. The molecule has 0 radical (unpaired) electrons. The molecule has 1 aromatic carbocycles. The van der Waals surface area contributed by atoms with E-state index in [9.17, 15) is 0 Å². The number of ether oxygens (including phenoxy) is 1. The number of benzene rings is 1. The first-order valence-electron chi connectivity index (χ1n) is 6.67. The molecule has 0 aliphatic carbocycles. The first-order chi connectivity index (χ1) is 9.65. The van der Waals surface area contributed by atoms with Crippen molar-refractivity contribution in [2.45, 2.75) is 26.3 Å². The highest BCUT2D eigenvalue weighted by Gasteiger charge is 2.09. The van der Waals surface area contributed by atoms with Gasteiger partial charge in [-0.2, -0.15) is 0 Å². The van der Waals surface area contributed by atoms with Crippen molar-refractivity contribution in [3.05, 3.63) is 47.5 Å². The summed E-state index contributed by atoms with van der Waals surface area (Å²) >= 11 is 0. The van der Waals surface area contributed by atoms with Crippen LogP contribution in [-0.4, -0.2) is 22.5 Å². The Balaban J connectivity index is 2.27. The van der Waals surface area contributed by atoms with Crippen LogP contribution < -0.4 is 10.5 Å². The topological polar surface area (TPSA) is 76.9 Å². The molecule has 0 fully saturated rings. The molecule has 2 rings (SSSR count). The largest absolute Gasteiger partial charge is 0.496 e. The predicted molar refractivity (Wildman–Crippen MR) is 79.3 cm³/mol. The third-order valence-corrected chi connectivity index (χ3v) is 3.18. The normalized spacial score (nSPS) is 10.5. The molecule has 0 amide bonds. The molecule has 1 heterocycles. The van der Waals surface area contributed by atoms with E-state index in [2.05, 4.69) is 16.5 Å². The highest BCUT2D eigenvalue weighted by Crippen LogP contribution is 2.20. The molecular formula is C15H20N4O. The van der Waals surface area contributed by atoms with Crippen LogP contribution in [0.1, 0.15) is 30.3 Å². The molecule has 106 valence electrons. The number of hydrogen-bond acceptors (Lipinski definition) is 3. The number of imidazole rings is 1. The van der Waals surface area contributed by atoms with E-state index in [0.717, 1.165) is 30.8 Å². The summed E-state index contributed by atoms with van der Waals surface area (Å²) in [5.41, 5.74) is 7.30. The van der Waals surface area contributed by atoms with Gasteiger partial charge >= 0.3 is 0 Å². The minimum absolute atomic E-state index is 0.0168. The molecule has 3 N–H and O–H groups in total. The van der Waals surface area contributed by atoms with Gasteiger partial charge in [0.05, 0.1) is 12.7 Å². The van der Waals surface area contributed by atoms with E-state index in [4.69, 9.17) is 15.9 Å². The maximum Gasteiger partial charge on any atom is 0.129 e. The van der Waals surface area contributed by atoms with Crippen LogP contribution >= 0.6 is 0 Å². The van der Waals surface area contributed by atoms with E-state index in [1.807, 2.05) is 30.6 Å². The number of aryl methyl sites for hydroxylation is 1. The lowest BCUT2D eigenvalue weighted by Crippen LogP contribution is -2.13. The molecule has 5 nitrogen and oxygen atoms in total. The van der Waals surface area contributed by atoms with Crippen molar-refractivity contribution in [1.29, 1.82) is 5.41 Å². The van der Waals surface area contributed by atoms with E-state index in [1.54, 1.807) is 7.11 Å². The Morgan fingerprint density at radius 2 is 2.25 bits per heavy atom. The second-order valence-corrected chi connectivity index (χ2v) is 4.67. The molecule has 0 unspecified atom stereocenters. The number of nitrogens with zero attached hydrogens (tertiary/aromatic N) is 2. The first-order valence-corrected chi connectivity index (χ1v) is 6.67. The van der Waals surface area contributed by atoms with Gasteiger partial charge in [0.15, 0.2) is 0 Å². The number of amidine groups is 1. The van der Waals surface area contributed by atoms with Gasteiger partial charge in [-0.05, 0) is 24.1 Å². The molecule has 0 spiro atoms. The van der Waals surface area contributed by atoms with Gasteiger partial charge in [-0.1, -0.05) is 13.0 Å². The monoisotopic (exact) mass is 272 g/mol. The molecule has 5 heteroatoms. The zero-order valence-corrected chi connectivity index (χ0v) is 11.9. The minimum atomic E-state index is 0.0168. The van der Waals surface area contributed by atoms with Crippen LogP contribution in [0.25, 0.3) is 0 Å². The van der Waals surface area contributed by atoms with Crippen LogP contribution in [0.15, 0.2) is 30.6 Å². The van der Waals surface area contributed by atoms with Crippen LogP contribution in [-0.2, 0) is 13.0 Å². The van der Waals surface area contributed by atoms with Crippen LogP contribution in [0.4, 0.5) is 0 Å². The second kappa shape index (κ2) is 6.23. The Bertz CT molecular complexity index is 604. The number of nitrogens with two attached hydrogens (primary N) is 1. The van der Waals surface area contributed by atoms with E-state index in [0.29, 0.717) is 11.3 Å². The Hall–Kier alpha value is -2.30. The molecule has 0 aliphatic heterocycles. The van der Waals surface area contributed by atoms with Gasteiger partial charge in [-0.25, -0.2) is 4.98 Å². The lowest BCUT2D eigenvalue weighted by atomic mass is 10.1. The summed E-state index contributed by atoms with van der Waals surface area (Å²) in [6, 6.07) is 5.74. The van der Waals surface area contributed by atoms with E-state index < -0.39 is 0 Å². The Kier molecular flexibility index (Phi) is 4.40. The van der Waals surface area contributed by atoms with Crippen molar-refractivity contribution >= 4 is 5.84 Å².